The number of benzene rings is 2. The largest absolute Gasteiger partial charge is 0.375 e. The molecular formula is C19H18Cl3N3O2. The first kappa shape index (κ1) is 19.8. The molecule has 8 heteroatoms. The van der Waals surface area contributed by atoms with Gasteiger partial charge >= 0.3 is 0 Å². The fraction of sp³-hybridized carbons (Fsp3) is 0.263. The summed E-state index contributed by atoms with van der Waals surface area (Å²) in [5.41, 5.74) is 1.44. The summed E-state index contributed by atoms with van der Waals surface area (Å²) in [7, 11) is 0. The molecule has 1 fully saturated rings. The average molecular weight is 427 g/mol. The van der Waals surface area contributed by atoms with E-state index in [-0.39, 0.29) is 23.4 Å². The number of nitrogens with zero attached hydrogens (tertiary/aromatic N) is 1. The van der Waals surface area contributed by atoms with Gasteiger partial charge < -0.3 is 15.5 Å². The molecule has 2 aromatic rings. The van der Waals surface area contributed by atoms with Gasteiger partial charge in [0.2, 0.25) is 5.91 Å². The molecule has 27 heavy (non-hydrogen) atoms. The molecular weight excluding hydrogens is 409 g/mol. The normalized spacial score (nSPS) is 13.5. The number of hydrogen-bond acceptors (Lipinski definition) is 3. The van der Waals surface area contributed by atoms with Gasteiger partial charge in [-0.25, -0.2) is 0 Å². The summed E-state index contributed by atoms with van der Waals surface area (Å²) in [6, 6.07) is 9.98. The summed E-state index contributed by atoms with van der Waals surface area (Å²) in [5.74, 6) is -0.385. The third-order valence-electron chi connectivity index (χ3n) is 4.27. The molecule has 0 unspecified atom stereocenters. The Labute approximate surface area is 172 Å². The van der Waals surface area contributed by atoms with Crippen molar-refractivity contribution in [2.75, 3.05) is 30.3 Å². The molecule has 0 radical (unpaired) electrons. The lowest BCUT2D eigenvalue weighted by Gasteiger charge is -2.18. The molecule has 3 rings (SSSR count). The van der Waals surface area contributed by atoms with Crippen molar-refractivity contribution in [3.8, 4) is 0 Å². The highest BCUT2D eigenvalue weighted by atomic mass is 35.5. The number of halogens is 3. The number of likely N-dealkylation sites (tertiary alicyclic amines) is 1. The number of carbonyl (C=O) groups excluding carboxylic acids is 2. The quantitative estimate of drug-likeness (QED) is 0.712. The van der Waals surface area contributed by atoms with Crippen LogP contribution in [0, 0.1) is 0 Å². The van der Waals surface area contributed by atoms with Crippen LogP contribution in [0.3, 0.4) is 0 Å². The number of anilines is 2. The van der Waals surface area contributed by atoms with Gasteiger partial charge in [-0.15, -0.1) is 0 Å². The second kappa shape index (κ2) is 8.83. The highest BCUT2D eigenvalue weighted by Gasteiger charge is 2.22. The van der Waals surface area contributed by atoms with Crippen LogP contribution in [0.15, 0.2) is 36.4 Å². The van der Waals surface area contributed by atoms with Gasteiger partial charge in [0, 0.05) is 23.8 Å². The Morgan fingerprint density at radius 3 is 2.48 bits per heavy atom. The summed E-state index contributed by atoms with van der Waals surface area (Å²) >= 11 is 18.1. The maximum Gasteiger partial charge on any atom is 0.255 e. The van der Waals surface area contributed by atoms with E-state index in [0.717, 1.165) is 25.9 Å². The maximum absolute atomic E-state index is 12.7. The zero-order valence-electron chi connectivity index (χ0n) is 14.4. The summed E-state index contributed by atoms with van der Waals surface area (Å²) in [6.45, 7) is 1.44. The van der Waals surface area contributed by atoms with Crippen LogP contribution in [0.1, 0.15) is 23.2 Å². The van der Waals surface area contributed by atoms with E-state index in [9.17, 15) is 9.59 Å². The third kappa shape index (κ3) is 4.86. The van der Waals surface area contributed by atoms with Gasteiger partial charge in [-0.2, -0.15) is 0 Å². The van der Waals surface area contributed by atoms with Gasteiger partial charge in [0.25, 0.3) is 5.91 Å². The molecule has 2 aromatic carbocycles. The van der Waals surface area contributed by atoms with Crippen LogP contribution in [0.5, 0.6) is 0 Å². The van der Waals surface area contributed by atoms with E-state index >= 15 is 0 Å². The fourth-order valence-electron chi connectivity index (χ4n) is 2.91. The average Bonchev–Trinajstić information content (AvgIpc) is 3.18. The molecule has 1 aliphatic heterocycles. The Bertz CT molecular complexity index is 867. The van der Waals surface area contributed by atoms with Crippen molar-refractivity contribution in [2.45, 2.75) is 12.8 Å². The van der Waals surface area contributed by atoms with Crippen molar-refractivity contribution in [2.24, 2.45) is 0 Å². The van der Waals surface area contributed by atoms with Crippen molar-refractivity contribution in [1.82, 2.24) is 4.90 Å². The van der Waals surface area contributed by atoms with Crippen LogP contribution in [0.25, 0.3) is 0 Å². The lowest BCUT2D eigenvalue weighted by Crippen LogP contribution is -2.29. The Balaban J connectivity index is 1.69. The van der Waals surface area contributed by atoms with Gasteiger partial charge in [0.15, 0.2) is 0 Å². The molecule has 5 nitrogen and oxygen atoms in total. The molecule has 0 bridgehead atoms. The SMILES string of the molecule is O=C(CNc1cc(Cl)ccc1C(=O)N1CCCC1)Nc1cccc(Cl)c1Cl. The lowest BCUT2D eigenvalue weighted by atomic mass is 10.1. The second-order valence-electron chi connectivity index (χ2n) is 6.19. The molecule has 1 aliphatic rings. The van der Waals surface area contributed by atoms with Crippen LogP contribution in [0.4, 0.5) is 11.4 Å². The van der Waals surface area contributed by atoms with E-state index in [4.69, 9.17) is 34.8 Å². The Morgan fingerprint density at radius 2 is 1.74 bits per heavy atom. The minimum atomic E-state index is -0.321. The predicted molar refractivity (Wildman–Crippen MR) is 110 cm³/mol. The van der Waals surface area contributed by atoms with Crippen molar-refractivity contribution in [3.63, 3.8) is 0 Å². The van der Waals surface area contributed by atoms with Gasteiger partial charge in [-0.1, -0.05) is 40.9 Å². The molecule has 2 N–H and O–H groups in total. The number of rotatable bonds is 5. The number of amides is 2. The molecule has 142 valence electrons. The van der Waals surface area contributed by atoms with E-state index in [1.165, 1.54) is 0 Å². The third-order valence-corrected chi connectivity index (χ3v) is 5.32. The molecule has 0 spiro atoms. The topological polar surface area (TPSA) is 61.4 Å². The molecule has 0 atom stereocenters. The summed E-state index contributed by atoms with van der Waals surface area (Å²) in [5, 5.41) is 6.80. The van der Waals surface area contributed by atoms with Gasteiger partial charge in [0.05, 0.1) is 27.8 Å². The zero-order chi connectivity index (χ0) is 19.4. The van der Waals surface area contributed by atoms with Crippen molar-refractivity contribution in [3.05, 3.63) is 57.0 Å². The molecule has 0 saturated carbocycles. The van der Waals surface area contributed by atoms with Crippen LogP contribution in [0.2, 0.25) is 15.1 Å². The van der Waals surface area contributed by atoms with Crippen LogP contribution in [-0.4, -0.2) is 36.3 Å². The van der Waals surface area contributed by atoms with Crippen molar-refractivity contribution in [1.29, 1.82) is 0 Å². The zero-order valence-corrected chi connectivity index (χ0v) is 16.7. The summed E-state index contributed by atoms with van der Waals surface area (Å²) in [4.78, 5) is 26.8. The molecule has 0 aromatic heterocycles. The smallest absolute Gasteiger partial charge is 0.255 e. The standard InChI is InChI=1S/C19H18Cl3N3O2/c20-12-6-7-13(19(27)25-8-1-2-9-25)16(10-12)23-11-17(26)24-15-5-3-4-14(21)18(15)22/h3-7,10,23H,1-2,8-9,11H2,(H,24,26). The Hall–Kier alpha value is -1.95. The van der Waals surface area contributed by atoms with Gasteiger partial charge in [-0.05, 0) is 43.2 Å². The second-order valence-corrected chi connectivity index (χ2v) is 7.41. The van der Waals surface area contributed by atoms with E-state index in [1.807, 2.05) is 0 Å². The Morgan fingerprint density at radius 1 is 1.00 bits per heavy atom. The van der Waals surface area contributed by atoms with E-state index in [1.54, 1.807) is 41.3 Å². The van der Waals surface area contributed by atoms with Crippen LogP contribution in [-0.2, 0) is 4.79 Å². The maximum atomic E-state index is 12.7. The highest BCUT2D eigenvalue weighted by molar-refractivity contribution is 6.44. The van der Waals surface area contributed by atoms with E-state index < -0.39 is 0 Å². The number of nitrogens with one attached hydrogen (secondary N) is 2. The van der Waals surface area contributed by atoms with Crippen molar-refractivity contribution >= 4 is 58.0 Å². The number of hydrogen-bond donors (Lipinski definition) is 2. The van der Waals surface area contributed by atoms with Gasteiger partial charge in [0.1, 0.15) is 0 Å². The first-order valence-electron chi connectivity index (χ1n) is 8.52. The van der Waals surface area contributed by atoms with E-state index in [0.29, 0.717) is 27.0 Å². The molecule has 0 aliphatic carbocycles. The molecule has 1 saturated heterocycles. The minimum absolute atomic E-state index is 0.0521. The lowest BCUT2D eigenvalue weighted by molar-refractivity contribution is -0.114. The van der Waals surface area contributed by atoms with E-state index in [2.05, 4.69) is 10.6 Å². The first-order valence-corrected chi connectivity index (χ1v) is 9.65. The van der Waals surface area contributed by atoms with Gasteiger partial charge in [-0.3, -0.25) is 9.59 Å². The fourth-order valence-corrected chi connectivity index (χ4v) is 3.43. The predicted octanol–water partition coefficient (Wildman–Crippen LogP) is 4.93. The Kier molecular flexibility index (Phi) is 6.47. The summed E-state index contributed by atoms with van der Waals surface area (Å²) < 4.78 is 0. The van der Waals surface area contributed by atoms with Crippen LogP contribution < -0.4 is 10.6 Å². The van der Waals surface area contributed by atoms with Crippen molar-refractivity contribution < 1.29 is 9.59 Å². The first-order chi connectivity index (χ1) is 13.0. The van der Waals surface area contributed by atoms with Crippen LogP contribution >= 0.6 is 34.8 Å². The number of carbonyl (C=O) groups is 2. The minimum Gasteiger partial charge on any atom is -0.375 e. The highest BCUT2D eigenvalue weighted by Crippen LogP contribution is 2.29. The monoisotopic (exact) mass is 425 g/mol. The molecule has 2 amide bonds. The molecule has 1 heterocycles. The summed E-state index contributed by atoms with van der Waals surface area (Å²) in [6.07, 6.45) is 2.01.